The van der Waals surface area contributed by atoms with Crippen molar-refractivity contribution >= 4 is 52.0 Å². The van der Waals surface area contributed by atoms with Gasteiger partial charge in [0.1, 0.15) is 5.69 Å². The fourth-order valence-corrected chi connectivity index (χ4v) is 5.59. The van der Waals surface area contributed by atoms with E-state index in [1.165, 1.54) is 18.7 Å². The molecular formula is C25H31ClN6O3S. The van der Waals surface area contributed by atoms with Gasteiger partial charge < -0.3 is 31.2 Å². The topological polar surface area (TPSA) is 124 Å². The van der Waals surface area contributed by atoms with Crippen LogP contribution in [0.4, 0.5) is 0 Å². The normalized spacial score (nSPS) is 20.9. The van der Waals surface area contributed by atoms with Gasteiger partial charge >= 0.3 is 0 Å². The van der Waals surface area contributed by atoms with Crippen molar-refractivity contribution in [2.45, 2.75) is 31.8 Å². The molecule has 36 heavy (non-hydrogen) atoms. The van der Waals surface area contributed by atoms with Gasteiger partial charge in [-0.05, 0) is 37.7 Å². The van der Waals surface area contributed by atoms with Gasteiger partial charge in [-0.2, -0.15) is 0 Å². The third-order valence-electron chi connectivity index (χ3n) is 6.55. The van der Waals surface area contributed by atoms with Crippen molar-refractivity contribution in [3.8, 4) is 0 Å². The Bertz CT molecular complexity index is 1240. The third kappa shape index (κ3) is 6.05. The summed E-state index contributed by atoms with van der Waals surface area (Å²) < 4.78 is 0. The maximum absolute atomic E-state index is 13.1. The number of fused-ring (bicyclic) bond motifs is 1. The molecule has 9 nitrogen and oxygen atoms in total. The van der Waals surface area contributed by atoms with Crippen LogP contribution in [0.25, 0.3) is 10.9 Å². The Hall–Kier alpha value is -2.95. The van der Waals surface area contributed by atoms with E-state index in [-0.39, 0.29) is 23.8 Å². The number of nitrogens with zero attached hydrogens (tertiary/aromatic N) is 2. The van der Waals surface area contributed by atoms with Crippen molar-refractivity contribution in [1.29, 1.82) is 0 Å². The van der Waals surface area contributed by atoms with Gasteiger partial charge in [-0.25, -0.2) is 0 Å². The molecule has 1 saturated heterocycles. The van der Waals surface area contributed by atoms with E-state index in [1.807, 2.05) is 13.1 Å². The molecule has 192 valence electrons. The van der Waals surface area contributed by atoms with Crippen LogP contribution < -0.4 is 16.4 Å². The average molecular weight is 531 g/mol. The summed E-state index contributed by atoms with van der Waals surface area (Å²) in [6.45, 7) is 7.77. The summed E-state index contributed by atoms with van der Waals surface area (Å²) in [5, 5.41) is 7.44. The first-order chi connectivity index (χ1) is 17.1. The predicted octanol–water partition coefficient (Wildman–Crippen LogP) is 2.41. The molecule has 3 heterocycles. The molecule has 2 aromatic rings. The molecule has 2 aliphatic rings. The first-order valence-corrected chi connectivity index (χ1v) is 13.0. The molecule has 1 fully saturated rings. The number of hydrogen-bond donors (Lipinski definition) is 4. The smallest absolute Gasteiger partial charge is 0.268 e. The van der Waals surface area contributed by atoms with Gasteiger partial charge in [-0.1, -0.05) is 29.9 Å². The Balaban J connectivity index is 1.45. The van der Waals surface area contributed by atoms with E-state index in [4.69, 9.17) is 17.3 Å². The standard InChI is InChI=1S/C25H31ClN6O3S/c1-14(36-23-13-31(3)8-6-18(23)27)24(34)30-22-12-32(15(2)33)9-7-20(22)29-25(35)21-11-16-10-17(26)4-5-19(16)28-21/h4-5,10-11,20,22,28H,1,6-9,12-13,27H2,2-3H3,(H,29,35)(H,30,34)/t20-,22+/m0/s1. The zero-order chi connectivity index (χ0) is 26.0. The molecule has 3 amide bonds. The molecule has 0 radical (unpaired) electrons. The lowest BCUT2D eigenvalue weighted by Gasteiger charge is -2.39. The molecule has 0 spiro atoms. The number of hydrogen-bond acceptors (Lipinski definition) is 6. The van der Waals surface area contributed by atoms with Crippen LogP contribution in [0.15, 0.2) is 46.4 Å². The van der Waals surface area contributed by atoms with E-state index < -0.39 is 6.04 Å². The van der Waals surface area contributed by atoms with Crippen molar-refractivity contribution < 1.29 is 14.4 Å². The number of nitrogens with two attached hydrogens (primary N) is 1. The number of aromatic nitrogens is 1. The maximum Gasteiger partial charge on any atom is 0.268 e. The molecule has 5 N–H and O–H groups in total. The van der Waals surface area contributed by atoms with Gasteiger partial charge in [0.05, 0.1) is 17.0 Å². The fourth-order valence-electron chi connectivity index (χ4n) is 4.45. The highest BCUT2D eigenvalue weighted by Gasteiger charge is 2.33. The van der Waals surface area contributed by atoms with E-state index in [2.05, 4.69) is 27.1 Å². The highest BCUT2D eigenvalue weighted by molar-refractivity contribution is 8.07. The number of halogens is 1. The van der Waals surface area contributed by atoms with E-state index in [0.717, 1.165) is 34.5 Å². The quantitative estimate of drug-likeness (QED) is 0.425. The molecule has 11 heteroatoms. The number of carbonyl (C=O) groups is 3. The van der Waals surface area contributed by atoms with Gasteiger partial charge in [0.25, 0.3) is 11.8 Å². The zero-order valence-electron chi connectivity index (χ0n) is 20.4. The van der Waals surface area contributed by atoms with Gasteiger partial charge in [-0.15, -0.1) is 0 Å². The fraction of sp³-hybridized carbons (Fsp3) is 0.400. The summed E-state index contributed by atoms with van der Waals surface area (Å²) in [4.78, 5) is 46.3. The second kappa shape index (κ2) is 11.0. The van der Waals surface area contributed by atoms with Crippen LogP contribution >= 0.6 is 23.4 Å². The number of likely N-dealkylation sites (N-methyl/N-ethyl adjacent to an activating group) is 1. The van der Waals surface area contributed by atoms with Crippen LogP contribution in [-0.4, -0.2) is 77.8 Å². The molecule has 4 rings (SSSR count). The second-order valence-electron chi connectivity index (χ2n) is 9.29. The summed E-state index contributed by atoms with van der Waals surface area (Å²) >= 11 is 7.34. The van der Waals surface area contributed by atoms with Crippen molar-refractivity contribution in [3.63, 3.8) is 0 Å². The number of aromatic amines is 1. The van der Waals surface area contributed by atoms with Crippen LogP contribution in [0.2, 0.25) is 5.02 Å². The minimum absolute atomic E-state index is 0.0807. The average Bonchev–Trinajstić information content (AvgIpc) is 3.25. The first kappa shape index (κ1) is 26.1. The van der Waals surface area contributed by atoms with Crippen LogP contribution in [0.1, 0.15) is 30.3 Å². The lowest BCUT2D eigenvalue weighted by Crippen LogP contribution is -2.61. The van der Waals surface area contributed by atoms with Crippen LogP contribution in [0.5, 0.6) is 0 Å². The lowest BCUT2D eigenvalue weighted by molar-refractivity contribution is -0.131. The maximum atomic E-state index is 13.1. The van der Waals surface area contributed by atoms with Gasteiger partial charge in [-0.3, -0.25) is 14.4 Å². The number of benzene rings is 1. The summed E-state index contributed by atoms with van der Waals surface area (Å²) in [7, 11) is 2.00. The molecule has 1 aromatic heterocycles. The highest BCUT2D eigenvalue weighted by atomic mass is 35.5. The van der Waals surface area contributed by atoms with E-state index >= 15 is 0 Å². The highest BCUT2D eigenvalue weighted by Crippen LogP contribution is 2.30. The number of H-pyrrole nitrogens is 1. The van der Waals surface area contributed by atoms with Crippen LogP contribution in [0.3, 0.4) is 0 Å². The summed E-state index contributed by atoms with van der Waals surface area (Å²) in [6.07, 6.45) is 1.25. The number of nitrogens with one attached hydrogen (secondary N) is 3. The monoisotopic (exact) mass is 530 g/mol. The van der Waals surface area contributed by atoms with Crippen LogP contribution in [-0.2, 0) is 9.59 Å². The van der Waals surface area contributed by atoms with Gasteiger partial charge in [0, 0.05) is 66.1 Å². The molecular weight excluding hydrogens is 500 g/mol. The Labute approximate surface area is 219 Å². The Morgan fingerprint density at radius 3 is 2.72 bits per heavy atom. The summed E-state index contributed by atoms with van der Waals surface area (Å²) in [6, 6.07) is 6.26. The predicted molar refractivity (Wildman–Crippen MR) is 143 cm³/mol. The number of piperidine rings is 1. The number of thioether (sulfide) groups is 1. The van der Waals surface area contributed by atoms with E-state index in [1.54, 1.807) is 23.1 Å². The minimum Gasteiger partial charge on any atom is -0.401 e. The molecule has 0 aliphatic carbocycles. The lowest BCUT2D eigenvalue weighted by atomic mass is 9.98. The van der Waals surface area contributed by atoms with Crippen molar-refractivity contribution in [2.75, 3.05) is 33.2 Å². The number of likely N-dealkylation sites (tertiary alicyclic amines) is 1. The van der Waals surface area contributed by atoms with Crippen LogP contribution in [0, 0.1) is 0 Å². The molecule has 0 saturated carbocycles. The molecule has 0 bridgehead atoms. The molecule has 2 atom stereocenters. The third-order valence-corrected chi connectivity index (χ3v) is 7.86. The first-order valence-electron chi connectivity index (χ1n) is 11.8. The summed E-state index contributed by atoms with van der Waals surface area (Å²) in [5.41, 5.74) is 8.13. The van der Waals surface area contributed by atoms with Gasteiger partial charge in [0.2, 0.25) is 5.91 Å². The minimum atomic E-state index is -0.476. The SMILES string of the molecule is C=C(SC1=C(N)CCN(C)C1)C(=O)N[C@@H]1CN(C(C)=O)CC[C@@H]1NC(=O)c1cc2cc(Cl)ccc2[nH]1. The molecule has 0 unspecified atom stereocenters. The Morgan fingerprint density at radius 2 is 1.97 bits per heavy atom. The van der Waals surface area contributed by atoms with Crippen molar-refractivity contribution in [3.05, 3.63) is 57.1 Å². The Morgan fingerprint density at radius 1 is 1.19 bits per heavy atom. The van der Waals surface area contributed by atoms with Gasteiger partial charge in [0.15, 0.2) is 0 Å². The second-order valence-corrected chi connectivity index (χ2v) is 10.9. The van der Waals surface area contributed by atoms with Crippen molar-refractivity contribution in [1.82, 2.24) is 25.4 Å². The Kier molecular flexibility index (Phi) is 7.97. The zero-order valence-corrected chi connectivity index (χ0v) is 22.0. The van der Waals surface area contributed by atoms with E-state index in [9.17, 15) is 14.4 Å². The number of rotatable bonds is 6. The molecule has 2 aliphatic heterocycles. The van der Waals surface area contributed by atoms with Crippen molar-refractivity contribution in [2.24, 2.45) is 5.73 Å². The number of amides is 3. The molecule has 1 aromatic carbocycles. The number of carbonyl (C=O) groups excluding carboxylic acids is 3. The summed E-state index contributed by atoms with van der Waals surface area (Å²) in [5.74, 6) is -0.717. The largest absolute Gasteiger partial charge is 0.401 e. The van der Waals surface area contributed by atoms with E-state index in [0.29, 0.717) is 41.7 Å².